The number of unbranched alkanes of at least 4 members (excludes halogenated alkanes) is 10. The maximum absolute atomic E-state index is 12.0. The predicted octanol–water partition coefficient (Wildman–Crippen LogP) is 6.08. The highest BCUT2D eigenvalue weighted by molar-refractivity contribution is 7.86. The number of hydrogen-bond acceptors (Lipinski definition) is 7. The molecule has 0 aliphatic carbocycles. The average Bonchev–Trinajstić information content (AvgIpc) is 2.87. The Balaban J connectivity index is 1.75. The number of hydrogen-bond donors (Lipinski definition) is 0. The van der Waals surface area contributed by atoms with E-state index >= 15 is 0 Å². The number of rotatable bonds is 26. The molecule has 0 heterocycles. The molecule has 7 nitrogen and oxygen atoms in total. The second kappa shape index (κ2) is 23.1. The molecule has 0 fully saturated rings. The Morgan fingerprint density at radius 1 is 0.528 bits per heavy atom. The third-order valence-electron chi connectivity index (χ3n) is 5.78. The fourth-order valence-corrected chi connectivity index (χ4v) is 4.50. The average molecular weight is 531 g/mol. The van der Waals surface area contributed by atoms with Crippen molar-refractivity contribution in [3.05, 3.63) is 29.8 Å². The second-order valence-corrected chi connectivity index (χ2v) is 10.7. The molecule has 0 saturated heterocycles. The van der Waals surface area contributed by atoms with Crippen molar-refractivity contribution in [3.63, 3.8) is 0 Å². The summed E-state index contributed by atoms with van der Waals surface area (Å²) in [6.07, 6.45) is 14.7. The van der Waals surface area contributed by atoms with Gasteiger partial charge in [0.25, 0.3) is 10.1 Å². The van der Waals surface area contributed by atoms with Crippen LogP contribution in [-0.4, -0.2) is 67.9 Å². The molecule has 0 aliphatic heterocycles. The molecule has 0 bridgehead atoms. The lowest BCUT2D eigenvalue weighted by molar-refractivity contribution is -0.00468. The molecule has 8 heteroatoms. The standard InChI is InChI=1S/C28H50O7S/c1-3-4-5-6-7-8-9-10-11-12-13-18-31-19-20-32-21-22-33-23-24-34-25-26-35-36(29,30)28-16-14-27(2)15-17-28/h14-17H,3-13,18-26H2,1-2H3. The molecule has 1 rings (SSSR count). The maximum Gasteiger partial charge on any atom is 0.297 e. The molecule has 210 valence electrons. The van der Waals surface area contributed by atoms with Crippen molar-refractivity contribution in [1.29, 1.82) is 0 Å². The summed E-state index contributed by atoms with van der Waals surface area (Å²) in [5, 5.41) is 0. The van der Waals surface area contributed by atoms with Gasteiger partial charge in [-0.25, -0.2) is 0 Å². The van der Waals surface area contributed by atoms with Crippen molar-refractivity contribution in [2.75, 3.05) is 59.5 Å². The highest BCUT2D eigenvalue weighted by Gasteiger charge is 2.14. The van der Waals surface area contributed by atoms with Gasteiger partial charge in [0, 0.05) is 6.61 Å². The highest BCUT2D eigenvalue weighted by Crippen LogP contribution is 2.13. The van der Waals surface area contributed by atoms with Gasteiger partial charge in [-0.15, -0.1) is 0 Å². The Labute approximate surface area is 220 Å². The van der Waals surface area contributed by atoms with E-state index in [1.54, 1.807) is 12.1 Å². The SMILES string of the molecule is CCCCCCCCCCCCCOCCOCCOCCOCCOS(=O)(=O)c1ccc(C)cc1. The molecule has 0 spiro atoms. The van der Waals surface area contributed by atoms with Crippen LogP contribution in [0, 0.1) is 6.92 Å². The molecule has 0 aliphatic rings. The van der Waals surface area contributed by atoms with Crippen molar-refractivity contribution in [2.45, 2.75) is 89.4 Å². The van der Waals surface area contributed by atoms with E-state index in [-0.39, 0.29) is 18.1 Å². The predicted molar refractivity (Wildman–Crippen MR) is 144 cm³/mol. The van der Waals surface area contributed by atoms with Gasteiger partial charge >= 0.3 is 0 Å². The van der Waals surface area contributed by atoms with E-state index in [0.717, 1.165) is 18.6 Å². The first-order chi connectivity index (χ1) is 17.6. The van der Waals surface area contributed by atoms with Crippen molar-refractivity contribution in [2.24, 2.45) is 0 Å². The van der Waals surface area contributed by atoms with E-state index in [2.05, 4.69) is 6.92 Å². The first-order valence-electron chi connectivity index (χ1n) is 13.8. The third-order valence-corrected chi connectivity index (χ3v) is 7.11. The van der Waals surface area contributed by atoms with Crippen LogP contribution < -0.4 is 0 Å². The lowest BCUT2D eigenvalue weighted by atomic mass is 10.1. The lowest BCUT2D eigenvalue weighted by Crippen LogP contribution is -2.15. The summed E-state index contributed by atoms with van der Waals surface area (Å²) in [6.45, 7) is 8.11. The van der Waals surface area contributed by atoms with Crippen LogP contribution in [0.1, 0.15) is 83.1 Å². The van der Waals surface area contributed by atoms with Crippen LogP contribution in [-0.2, 0) is 33.2 Å². The summed E-state index contributed by atoms with van der Waals surface area (Å²) in [5.74, 6) is 0. The summed E-state index contributed by atoms with van der Waals surface area (Å²) in [7, 11) is -3.74. The summed E-state index contributed by atoms with van der Waals surface area (Å²) < 4.78 is 51.0. The second-order valence-electron chi connectivity index (χ2n) is 9.07. The minimum Gasteiger partial charge on any atom is -0.379 e. The fraction of sp³-hybridized carbons (Fsp3) is 0.786. The van der Waals surface area contributed by atoms with Gasteiger partial charge in [-0.1, -0.05) is 88.8 Å². The number of ether oxygens (including phenoxy) is 4. The van der Waals surface area contributed by atoms with Crippen LogP contribution >= 0.6 is 0 Å². The molecule has 1 aromatic carbocycles. The summed E-state index contributed by atoms with van der Waals surface area (Å²) in [5.41, 5.74) is 0.992. The zero-order valence-corrected chi connectivity index (χ0v) is 23.5. The van der Waals surface area contributed by atoms with Gasteiger partial charge in [0.2, 0.25) is 0 Å². The van der Waals surface area contributed by atoms with E-state index in [0.29, 0.717) is 39.6 Å². The van der Waals surface area contributed by atoms with E-state index in [1.807, 2.05) is 6.92 Å². The van der Waals surface area contributed by atoms with Crippen molar-refractivity contribution < 1.29 is 31.5 Å². The molecule has 1 aromatic rings. The Morgan fingerprint density at radius 2 is 0.917 bits per heavy atom. The van der Waals surface area contributed by atoms with Crippen LogP contribution in [0.5, 0.6) is 0 Å². The first kappa shape index (κ1) is 33.0. The third kappa shape index (κ3) is 19.1. The fourth-order valence-electron chi connectivity index (χ4n) is 3.61. The molecule has 0 aromatic heterocycles. The van der Waals surface area contributed by atoms with Crippen molar-refractivity contribution in [1.82, 2.24) is 0 Å². The number of benzene rings is 1. The van der Waals surface area contributed by atoms with Crippen LogP contribution in [0.4, 0.5) is 0 Å². The molecule has 0 amide bonds. The van der Waals surface area contributed by atoms with Gasteiger partial charge in [0.1, 0.15) is 0 Å². The first-order valence-corrected chi connectivity index (χ1v) is 15.2. The van der Waals surface area contributed by atoms with E-state index in [1.165, 1.54) is 76.3 Å². The zero-order valence-electron chi connectivity index (χ0n) is 22.7. The van der Waals surface area contributed by atoms with Crippen LogP contribution in [0.2, 0.25) is 0 Å². The maximum atomic E-state index is 12.0. The Bertz CT molecular complexity index is 707. The minimum absolute atomic E-state index is 0.0293. The van der Waals surface area contributed by atoms with Gasteiger partial charge in [-0.05, 0) is 25.5 Å². The normalized spacial score (nSPS) is 11.8. The van der Waals surface area contributed by atoms with Gasteiger partial charge in [-0.3, -0.25) is 4.18 Å². The van der Waals surface area contributed by atoms with E-state index in [4.69, 9.17) is 23.1 Å². The summed E-state index contributed by atoms with van der Waals surface area (Å²) in [6, 6.07) is 6.54. The molecular weight excluding hydrogens is 480 g/mol. The monoisotopic (exact) mass is 530 g/mol. The van der Waals surface area contributed by atoms with Gasteiger partial charge in [-0.2, -0.15) is 8.42 Å². The molecular formula is C28H50O7S. The topological polar surface area (TPSA) is 80.3 Å². The minimum atomic E-state index is -3.74. The van der Waals surface area contributed by atoms with E-state index < -0.39 is 10.1 Å². The van der Waals surface area contributed by atoms with Gasteiger partial charge < -0.3 is 18.9 Å². The van der Waals surface area contributed by atoms with Gasteiger partial charge in [0.05, 0.1) is 57.8 Å². The molecule has 0 unspecified atom stereocenters. The molecule has 0 atom stereocenters. The van der Waals surface area contributed by atoms with Crippen molar-refractivity contribution in [3.8, 4) is 0 Å². The van der Waals surface area contributed by atoms with Crippen molar-refractivity contribution >= 4 is 10.1 Å². The Kier molecular flexibility index (Phi) is 21.2. The Hall–Kier alpha value is -1.03. The Morgan fingerprint density at radius 3 is 1.39 bits per heavy atom. The van der Waals surface area contributed by atoms with Crippen LogP contribution in [0.3, 0.4) is 0 Å². The molecule has 36 heavy (non-hydrogen) atoms. The number of aryl methyl sites for hydroxylation is 1. The molecule has 0 radical (unpaired) electrons. The van der Waals surface area contributed by atoms with Crippen LogP contribution in [0.15, 0.2) is 29.2 Å². The van der Waals surface area contributed by atoms with Crippen LogP contribution in [0.25, 0.3) is 0 Å². The smallest absolute Gasteiger partial charge is 0.297 e. The van der Waals surface area contributed by atoms with Gasteiger partial charge in [0.15, 0.2) is 0 Å². The zero-order chi connectivity index (χ0) is 26.2. The quantitative estimate of drug-likeness (QED) is 0.106. The summed E-state index contributed by atoms with van der Waals surface area (Å²) >= 11 is 0. The summed E-state index contributed by atoms with van der Waals surface area (Å²) in [4.78, 5) is 0.149. The highest BCUT2D eigenvalue weighted by atomic mass is 32.2. The van der Waals surface area contributed by atoms with E-state index in [9.17, 15) is 8.42 Å². The lowest BCUT2D eigenvalue weighted by Gasteiger charge is -2.08. The molecule has 0 N–H and O–H groups in total. The largest absolute Gasteiger partial charge is 0.379 e. The molecule has 0 saturated carbocycles.